The zero-order valence-electron chi connectivity index (χ0n) is 11.7. The Morgan fingerprint density at radius 1 is 1.45 bits per heavy atom. The highest BCUT2D eigenvalue weighted by Gasteiger charge is 2.34. The molecule has 0 aromatic rings. The van der Waals surface area contributed by atoms with E-state index in [1.807, 2.05) is 0 Å². The van der Waals surface area contributed by atoms with Crippen LogP contribution in [0.4, 0.5) is 4.79 Å². The molecule has 1 aliphatic rings. The summed E-state index contributed by atoms with van der Waals surface area (Å²) < 4.78 is 4.80. The van der Waals surface area contributed by atoms with Crippen molar-refractivity contribution in [2.24, 2.45) is 0 Å². The number of likely N-dealkylation sites (tertiary alicyclic amines) is 1. The van der Waals surface area contributed by atoms with Gasteiger partial charge in [-0.3, -0.25) is 4.79 Å². The molecule has 0 radical (unpaired) electrons. The maximum Gasteiger partial charge on any atom is 0.326 e. The Hall–Kier alpha value is -1.83. The van der Waals surface area contributed by atoms with Gasteiger partial charge in [-0.1, -0.05) is 0 Å². The Labute approximate surface area is 117 Å². The Bertz CT molecular complexity index is 374. The SMILES string of the molecule is COCCNC(=O)C(C)NC(=O)N1CCC[C@H]1C(=O)O. The minimum Gasteiger partial charge on any atom is -0.480 e. The van der Waals surface area contributed by atoms with Gasteiger partial charge in [-0.15, -0.1) is 0 Å². The van der Waals surface area contributed by atoms with Crippen LogP contribution in [0.1, 0.15) is 19.8 Å². The second kappa shape index (κ2) is 7.68. The number of hydrogen-bond acceptors (Lipinski definition) is 4. The molecule has 1 saturated heterocycles. The lowest BCUT2D eigenvalue weighted by Gasteiger charge is -2.24. The number of rotatable bonds is 6. The van der Waals surface area contributed by atoms with Crippen molar-refractivity contribution >= 4 is 17.9 Å². The molecule has 1 rings (SSSR count). The van der Waals surface area contributed by atoms with Gasteiger partial charge in [-0.2, -0.15) is 0 Å². The number of hydrogen-bond donors (Lipinski definition) is 3. The van der Waals surface area contributed by atoms with E-state index in [0.717, 1.165) is 0 Å². The number of amides is 3. The number of methoxy groups -OCH3 is 1. The van der Waals surface area contributed by atoms with E-state index in [1.54, 1.807) is 6.92 Å². The van der Waals surface area contributed by atoms with Crippen LogP contribution < -0.4 is 10.6 Å². The predicted molar refractivity (Wildman–Crippen MR) is 70.2 cm³/mol. The standard InChI is InChI=1S/C12H21N3O5/c1-8(10(16)13-5-7-20-2)14-12(19)15-6-3-4-9(15)11(17)18/h8-9H,3-7H2,1-2H3,(H,13,16)(H,14,19)(H,17,18)/t8?,9-/m0/s1. The third-order valence-electron chi connectivity index (χ3n) is 3.14. The van der Waals surface area contributed by atoms with Gasteiger partial charge in [-0.05, 0) is 19.8 Å². The number of carbonyl (C=O) groups excluding carboxylic acids is 2. The van der Waals surface area contributed by atoms with Crippen LogP contribution >= 0.6 is 0 Å². The first-order valence-electron chi connectivity index (χ1n) is 6.54. The molecule has 114 valence electrons. The van der Waals surface area contributed by atoms with E-state index in [2.05, 4.69) is 10.6 Å². The highest BCUT2D eigenvalue weighted by atomic mass is 16.5. The van der Waals surface area contributed by atoms with Gasteiger partial charge in [0.2, 0.25) is 5.91 Å². The van der Waals surface area contributed by atoms with E-state index < -0.39 is 24.1 Å². The number of nitrogens with one attached hydrogen (secondary N) is 2. The maximum absolute atomic E-state index is 12.0. The average molecular weight is 287 g/mol. The first-order valence-corrected chi connectivity index (χ1v) is 6.54. The van der Waals surface area contributed by atoms with Crippen LogP contribution in [0.15, 0.2) is 0 Å². The molecule has 1 aliphatic heterocycles. The lowest BCUT2D eigenvalue weighted by atomic mass is 10.2. The summed E-state index contributed by atoms with van der Waals surface area (Å²) in [4.78, 5) is 35.9. The molecule has 8 nitrogen and oxygen atoms in total. The van der Waals surface area contributed by atoms with Crippen molar-refractivity contribution in [1.82, 2.24) is 15.5 Å². The second-order valence-corrected chi connectivity index (χ2v) is 4.64. The molecule has 0 spiro atoms. The Morgan fingerprint density at radius 3 is 2.75 bits per heavy atom. The van der Waals surface area contributed by atoms with Crippen molar-refractivity contribution in [2.75, 3.05) is 26.8 Å². The summed E-state index contributed by atoms with van der Waals surface area (Å²) in [6, 6.07) is -2.06. The molecule has 20 heavy (non-hydrogen) atoms. The fourth-order valence-corrected chi connectivity index (χ4v) is 2.03. The summed E-state index contributed by atoms with van der Waals surface area (Å²) in [6.07, 6.45) is 1.09. The van der Waals surface area contributed by atoms with Crippen LogP contribution in [0.5, 0.6) is 0 Å². The van der Waals surface area contributed by atoms with Crippen LogP contribution in [0.3, 0.4) is 0 Å². The van der Waals surface area contributed by atoms with Crippen LogP contribution in [-0.2, 0) is 14.3 Å². The van der Waals surface area contributed by atoms with Crippen LogP contribution in [0.2, 0.25) is 0 Å². The minimum absolute atomic E-state index is 0.332. The summed E-state index contributed by atoms with van der Waals surface area (Å²) >= 11 is 0. The highest BCUT2D eigenvalue weighted by Crippen LogP contribution is 2.17. The van der Waals surface area contributed by atoms with Gasteiger partial charge in [-0.25, -0.2) is 9.59 Å². The first kappa shape index (κ1) is 16.2. The molecular weight excluding hydrogens is 266 g/mol. The molecular formula is C12H21N3O5. The third kappa shape index (κ3) is 4.37. The van der Waals surface area contributed by atoms with Gasteiger partial charge in [0.1, 0.15) is 12.1 Å². The zero-order valence-corrected chi connectivity index (χ0v) is 11.7. The largest absolute Gasteiger partial charge is 0.480 e. The summed E-state index contributed by atoms with van der Waals surface area (Å²) in [5, 5.41) is 14.1. The molecule has 1 fully saturated rings. The van der Waals surface area contributed by atoms with E-state index >= 15 is 0 Å². The number of nitrogens with zero attached hydrogens (tertiary/aromatic N) is 1. The molecule has 0 aromatic heterocycles. The van der Waals surface area contributed by atoms with Gasteiger partial charge in [0, 0.05) is 20.2 Å². The quantitative estimate of drug-likeness (QED) is 0.565. The fourth-order valence-electron chi connectivity index (χ4n) is 2.03. The topological polar surface area (TPSA) is 108 Å². The Kier molecular flexibility index (Phi) is 6.23. The van der Waals surface area contributed by atoms with Crippen molar-refractivity contribution in [3.05, 3.63) is 0 Å². The van der Waals surface area contributed by atoms with Gasteiger partial charge in [0.15, 0.2) is 0 Å². The van der Waals surface area contributed by atoms with Crippen molar-refractivity contribution in [3.8, 4) is 0 Å². The molecule has 8 heteroatoms. The number of carbonyl (C=O) groups is 3. The smallest absolute Gasteiger partial charge is 0.326 e. The number of carboxylic acids is 1. The van der Waals surface area contributed by atoms with E-state index in [9.17, 15) is 14.4 Å². The third-order valence-corrected chi connectivity index (χ3v) is 3.14. The normalized spacial score (nSPS) is 19.5. The van der Waals surface area contributed by atoms with Crippen molar-refractivity contribution in [3.63, 3.8) is 0 Å². The summed E-state index contributed by atoms with van der Waals surface area (Å²) in [5.41, 5.74) is 0. The maximum atomic E-state index is 12.0. The highest BCUT2D eigenvalue weighted by molar-refractivity contribution is 5.88. The second-order valence-electron chi connectivity index (χ2n) is 4.64. The zero-order chi connectivity index (χ0) is 15.1. The Morgan fingerprint density at radius 2 is 2.15 bits per heavy atom. The summed E-state index contributed by atoms with van der Waals surface area (Å²) in [5.74, 6) is -1.35. The molecule has 0 aromatic carbocycles. The molecule has 3 N–H and O–H groups in total. The van der Waals surface area contributed by atoms with E-state index in [0.29, 0.717) is 32.5 Å². The average Bonchev–Trinajstić information content (AvgIpc) is 2.88. The van der Waals surface area contributed by atoms with Crippen LogP contribution in [0, 0.1) is 0 Å². The van der Waals surface area contributed by atoms with E-state index in [4.69, 9.17) is 9.84 Å². The van der Waals surface area contributed by atoms with Gasteiger partial charge in [0.25, 0.3) is 0 Å². The predicted octanol–water partition coefficient (Wildman–Crippen LogP) is -0.604. The van der Waals surface area contributed by atoms with Crippen LogP contribution in [0.25, 0.3) is 0 Å². The number of ether oxygens (including phenoxy) is 1. The lowest BCUT2D eigenvalue weighted by Crippen LogP contribution is -2.52. The van der Waals surface area contributed by atoms with E-state index in [1.165, 1.54) is 12.0 Å². The fraction of sp³-hybridized carbons (Fsp3) is 0.750. The van der Waals surface area contributed by atoms with Gasteiger partial charge < -0.3 is 25.4 Å². The van der Waals surface area contributed by atoms with Crippen molar-refractivity contribution in [2.45, 2.75) is 31.8 Å². The molecule has 2 atom stereocenters. The molecule has 0 saturated carbocycles. The molecule has 0 bridgehead atoms. The lowest BCUT2D eigenvalue weighted by molar-refractivity contribution is -0.141. The first-order chi connectivity index (χ1) is 9.47. The number of carboxylic acid groups (broad SMARTS) is 1. The Balaban J connectivity index is 2.44. The monoisotopic (exact) mass is 287 g/mol. The molecule has 1 unspecified atom stereocenters. The molecule has 1 heterocycles. The number of urea groups is 1. The number of aliphatic carboxylic acids is 1. The van der Waals surface area contributed by atoms with Crippen LogP contribution in [-0.4, -0.2) is 66.8 Å². The summed E-state index contributed by atoms with van der Waals surface area (Å²) in [7, 11) is 1.52. The minimum atomic E-state index is -1.02. The van der Waals surface area contributed by atoms with Crippen molar-refractivity contribution < 1.29 is 24.2 Å². The van der Waals surface area contributed by atoms with Gasteiger partial charge >= 0.3 is 12.0 Å². The molecule has 0 aliphatic carbocycles. The summed E-state index contributed by atoms with van der Waals surface area (Å²) in [6.45, 7) is 2.68. The van der Waals surface area contributed by atoms with Gasteiger partial charge in [0.05, 0.1) is 6.61 Å². The van der Waals surface area contributed by atoms with E-state index in [-0.39, 0.29) is 5.91 Å². The van der Waals surface area contributed by atoms with Crippen molar-refractivity contribution in [1.29, 1.82) is 0 Å². The molecule has 3 amide bonds.